The number of anilines is 1. The van der Waals surface area contributed by atoms with E-state index in [-0.39, 0.29) is 27.5 Å². The Morgan fingerprint density at radius 1 is 1.17 bits per heavy atom. The Morgan fingerprint density at radius 3 is 2.33 bits per heavy atom. The predicted molar refractivity (Wildman–Crippen MR) is 104 cm³/mol. The fraction of sp³-hybridized carbons (Fsp3) is 0.158. The molecule has 154 valence electrons. The number of nitro groups is 1. The third-order valence-corrected chi connectivity index (χ3v) is 4.66. The fourth-order valence-electron chi connectivity index (χ4n) is 2.83. The molecule has 30 heavy (non-hydrogen) atoms. The van der Waals surface area contributed by atoms with Crippen LogP contribution in [0.3, 0.4) is 0 Å². The molecular weight excluding hydrogens is 418 g/mol. The molecule has 2 aromatic rings. The van der Waals surface area contributed by atoms with Gasteiger partial charge in [0.05, 0.1) is 26.8 Å². The van der Waals surface area contributed by atoms with Crippen LogP contribution in [-0.2, 0) is 14.3 Å². The van der Waals surface area contributed by atoms with Crippen molar-refractivity contribution < 1.29 is 28.8 Å². The number of nitrogens with zero attached hydrogens (tertiary/aromatic N) is 2. The zero-order chi connectivity index (χ0) is 22.0. The molecule has 0 radical (unpaired) electrons. The molecule has 0 saturated carbocycles. The second-order valence-corrected chi connectivity index (χ2v) is 6.69. The normalized spacial score (nSPS) is 13.6. The quantitative estimate of drug-likeness (QED) is 0.321. The first-order valence-corrected chi connectivity index (χ1v) is 8.96. The van der Waals surface area contributed by atoms with Crippen LogP contribution in [0, 0.1) is 10.1 Å². The lowest BCUT2D eigenvalue weighted by atomic mass is 10.1. The summed E-state index contributed by atoms with van der Waals surface area (Å²) in [5.74, 6) is -3.04. The van der Waals surface area contributed by atoms with Crippen molar-refractivity contribution in [2.45, 2.75) is 13.0 Å². The van der Waals surface area contributed by atoms with Crippen LogP contribution < -0.4 is 5.32 Å². The summed E-state index contributed by atoms with van der Waals surface area (Å²) in [6.07, 6.45) is 0. The number of rotatable bonds is 6. The van der Waals surface area contributed by atoms with Gasteiger partial charge >= 0.3 is 5.97 Å². The number of amides is 3. The van der Waals surface area contributed by atoms with E-state index in [2.05, 4.69) is 5.32 Å². The minimum atomic E-state index is -1.26. The highest BCUT2D eigenvalue weighted by Gasteiger charge is 2.41. The lowest BCUT2D eigenvalue weighted by Gasteiger charge is -2.20. The van der Waals surface area contributed by atoms with Crippen LogP contribution in [0.4, 0.5) is 11.4 Å². The number of benzene rings is 2. The van der Waals surface area contributed by atoms with Gasteiger partial charge in [0.2, 0.25) is 0 Å². The molecule has 10 nitrogen and oxygen atoms in total. The van der Waals surface area contributed by atoms with Crippen LogP contribution in [0.15, 0.2) is 42.5 Å². The lowest BCUT2D eigenvalue weighted by molar-refractivity contribution is -0.384. The van der Waals surface area contributed by atoms with Gasteiger partial charge in [-0.25, -0.2) is 4.79 Å². The molecule has 3 rings (SSSR count). The van der Waals surface area contributed by atoms with E-state index in [0.29, 0.717) is 0 Å². The van der Waals surface area contributed by atoms with Gasteiger partial charge in [-0.3, -0.25) is 29.4 Å². The van der Waals surface area contributed by atoms with Gasteiger partial charge in [-0.1, -0.05) is 23.7 Å². The molecule has 2 aromatic carbocycles. The van der Waals surface area contributed by atoms with Crippen LogP contribution in [0.2, 0.25) is 5.02 Å². The van der Waals surface area contributed by atoms with Gasteiger partial charge < -0.3 is 10.1 Å². The van der Waals surface area contributed by atoms with Gasteiger partial charge in [0.1, 0.15) is 6.04 Å². The second-order valence-electron chi connectivity index (χ2n) is 6.28. The number of nitrogens with one attached hydrogen (secondary N) is 1. The number of hydrogen-bond acceptors (Lipinski definition) is 7. The molecule has 1 heterocycles. The highest BCUT2D eigenvalue weighted by molar-refractivity contribution is 6.33. The van der Waals surface area contributed by atoms with Gasteiger partial charge in [0.25, 0.3) is 23.4 Å². The standard InChI is InChI=1S/C19H14ClN3O7/c1-10(22-17(25)12-4-2-3-5-13(12)18(22)26)19(27)30-9-16(24)21-15-8-11(23(28)29)6-7-14(15)20/h2-8,10H,9H2,1H3,(H,21,24). The number of imide groups is 1. The smallest absolute Gasteiger partial charge is 0.329 e. The number of esters is 1. The summed E-state index contributed by atoms with van der Waals surface area (Å²) in [7, 11) is 0. The summed E-state index contributed by atoms with van der Waals surface area (Å²) in [6.45, 7) is 0.560. The highest BCUT2D eigenvalue weighted by atomic mass is 35.5. The predicted octanol–water partition coefficient (Wildman–Crippen LogP) is 2.41. The second kappa shape index (κ2) is 8.29. The molecular formula is C19H14ClN3O7. The monoisotopic (exact) mass is 431 g/mol. The third-order valence-electron chi connectivity index (χ3n) is 4.33. The van der Waals surface area contributed by atoms with Crippen LogP contribution in [-0.4, -0.2) is 46.2 Å². The maximum Gasteiger partial charge on any atom is 0.329 e. The molecule has 0 aromatic heterocycles. The van der Waals surface area contributed by atoms with Crippen molar-refractivity contribution in [2.24, 2.45) is 0 Å². The summed E-state index contributed by atoms with van der Waals surface area (Å²) in [5.41, 5.74) is 0.0478. The molecule has 11 heteroatoms. The van der Waals surface area contributed by atoms with Crippen molar-refractivity contribution in [3.63, 3.8) is 0 Å². The zero-order valence-electron chi connectivity index (χ0n) is 15.5. The number of hydrogen-bond donors (Lipinski definition) is 1. The number of halogens is 1. The highest BCUT2D eigenvalue weighted by Crippen LogP contribution is 2.27. The van der Waals surface area contributed by atoms with Crippen LogP contribution in [0.25, 0.3) is 0 Å². The molecule has 0 aliphatic carbocycles. The first-order valence-electron chi connectivity index (χ1n) is 8.58. The summed E-state index contributed by atoms with van der Waals surface area (Å²) >= 11 is 5.89. The average molecular weight is 432 g/mol. The Labute approximate surface area is 174 Å². The number of carbonyl (C=O) groups excluding carboxylic acids is 4. The Balaban J connectivity index is 1.61. The number of ether oxygens (including phenoxy) is 1. The third kappa shape index (κ3) is 3.98. The first-order chi connectivity index (χ1) is 14.2. The van der Waals surface area contributed by atoms with Crippen molar-refractivity contribution in [3.05, 3.63) is 68.7 Å². The van der Waals surface area contributed by atoms with Gasteiger partial charge in [0.15, 0.2) is 6.61 Å². The topological polar surface area (TPSA) is 136 Å². The van der Waals surface area contributed by atoms with E-state index in [1.807, 2.05) is 0 Å². The molecule has 0 bridgehead atoms. The Morgan fingerprint density at radius 2 is 1.77 bits per heavy atom. The van der Waals surface area contributed by atoms with Gasteiger partial charge in [0, 0.05) is 12.1 Å². The summed E-state index contributed by atoms with van der Waals surface area (Å²) in [6, 6.07) is 8.36. The van der Waals surface area contributed by atoms with E-state index in [1.54, 1.807) is 12.1 Å². The van der Waals surface area contributed by atoms with Crippen molar-refractivity contribution in [3.8, 4) is 0 Å². The van der Waals surface area contributed by atoms with E-state index in [4.69, 9.17) is 16.3 Å². The molecule has 1 N–H and O–H groups in total. The molecule has 1 atom stereocenters. The van der Waals surface area contributed by atoms with Crippen LogP contribution >= 0.6 is 11.6 Å². The van der Waals surface area contributed by atoms with E-state index in [9.17, 15) is 29.3 Å². The fourth-order valence-corrected chi connectivity index (χ4v) is 3.00. The maximum absolute atomic E-state index is 12.4. The molecule has 0 fully saturated rings. The van der Waals surface area contributed by atoms with E-state index in [0.717, 1.165) is 11.0 Å². The van der Waals surface area contributed by atoms with Crippen molar-refractivity contribution >= 4 is 46.7 Å². The molecule has 0 spiro atoms. The number of nitro benzene ring substituents is 1. The maximum atomic E-state index is 12.4. The molecule has 3 amide bonds. The average Bonchev–Trinajstić information content (AvgIpc) is 2.97. The summed E-state index contributed by atoms with van der Waals surface area (Å²) < 4.78 is 4.89. The molecule has 1 unspecified atom stereocenters. The Hall–Kier alpha value is -3.79. The zero-order valence-corrected chi connectivity index (χ0v) is 16.2. The van der Waals surface area contributed by atoms with Gasteiger partial charge in [-0.2, -0.15) is 0 Å². The number of non-ortho nitro benzene ring substituents is 1. The van der Waals surface area contributed by atoms with E-state index >= 15 is 0 Å². The number of fused-ring (bicyclic) bond motifs is 1. The van der Waals surface area contributed by atoms with Crippen LogP contribution in [0.1, 0.15) is 27.6 Å². The molecule has 0 saturated heterocycles. The van der Waals surface area contributed by atoms with E-state index in [1.165, 1.54) is 31.2 Å². The Bertz CT molecular complexity index is 1050. The van der Waals surface area contributed by atoms with Gasteiger partial charge in [-0.15, -0.1) is 0 Å². The van der Waals surface area contributed by atoms with E-state index < -0.39 is 41.3 Å². The SMILES string of the molecule is CC(C(=O)OCC(=O)Nc1cc([N+](=O)[O-])ccc1Cl)N1C(=O)c2ccccc2C1=O. The summed E-state index contributed by atoms with van der Waals surface area (Å²) in [4.78, 5) is 60.1. The van der Waals surface area contributed by atoms with Gasteiger partial charge in [-0.05, 0) is 25.1 Å². The van der Waals surface area contributed by atoms with Crippen molar-refractivity contribution in [1.82, 2.24) is 4.90 Å². The van der Waals surface area contributed by atoms with Crippen LogP contribution in [0.5, 0.6) is 0 Å². The molecule has 1 aliphatic heterocycles. The minimum Gasteiger partial charge on any atom is -0.454 e. The number of carbonyl (C=O) groups is 4. The molecule has 1 aliphatic rings. The minimum absolute atomic E-state index is 0.0275. The summed E-state index contributed by atoms with van der Waals surface area (Å²) in [5, 5.41) is 13.2. The lowest BCUT2D eigenvalue weighted by Crippen LogP contribution is -2.44. The first kappa shape index (κ1) is 20.9. The Kier molecular flexibility index (Phi) is 5.79. The van der Waals surface area contributed by atoms with Crippen molar-refractivity contribution in [1.29, 1.82) is 0 Å². The van der Waals surface area contributed by atoms with Crippen molar-refractivity contribution in [2.75, 3.05) is 11.9 Å². The largest absolute Gasteiger partial charge is 0.454 e.